The van der Waals surface area contributed by atoms with Crippen LogP contribution in [0.15, 0.2) is 70.3 Å². The summed E-state index contributed by atoms with van der Waals surface area (Å²) < 4.78 is 11.4. The van der Waals surface area contributed by atoms with Crippen LogP contribution in [0.5, 0.6) is 0 Å². The van der Waals surface area contributed by atoms with E-state index in [2.05, 4.69) is 26.8 Å². The van der Waals surface area contributed by atoms with Crippen molar-refractivity contribution in [3.05, 3.63) is 70.3 Å². The predicted molar refractivity (Wildman–Crippen MR) is 146 cm³/mol. The number of hydrogen-bond acceptors (Lipinski definition) is 7. The maximum atomic E-state index is 13.3. The van der Waals surface area contributed by atoms with Crippen molar-refractivity contribution in [2.24, 2.45) is 23.7 Å². The van der Waals surface area contributed by atoms with Gasteiger partial charge in [0.15, 0.2) is 11.4 Å². The van der Waals surface area contributed by atoms with Crippen LogP contribution in [-0.4, -0.2) is 40.1 Å². The zero-order valence-electron chi connectivity index (χ0n) is 23.6. The van der Waals surface area contributed by atoms with Crippen LogP contribution in [-0.2, 0) is 28.7 Å². The van der Waals surface area contributed by atoms with Crippen LogP contribution in [0.2, 0.25) is 0 Å². The van der Waals surface area contributed by atoms with Gasteiger partial charge in [0.05, 0.1) is 18.3 Å². The Morgan fingerprint density at radius 1 is 1.21 bits per heavy atom. The van der Waals surface area contributed by atoms with Gasteiger partial charge in [-0.05, 0) is 68.2 Å². The summed E-state index contributed by atoms with van der Waals surface area (Å²) in [7, 11) is 0. The van der Waals surface area contributed by atoms with Crippen molar-refractivity contribution in [3.63, 3.8) is 0 Å². The van der Waals surface area contributed by atoms with E-state index in [4.69, 9.17) is 9.47 Å². The Labute approximate surface area is 230 Å². The van der Waals surface area contributed by atoms with Gasteiger partial charge in [-0.3, -0.25) is 14.4 Å². The predicted octanol–water partition coefficient (Wildman–Crippen LogP) is 5.03. The van der Waals surface area contributed by atoms with Gasteiger partial charge in [-0.25, -0.2) is 4.79 Å². The van der Waals surface area contributed by atoms with Crippen LogP contribution < -0.4 is 0 Å². The fraction of sp³-hybridized carbons (Fsp3) is 0.500. The summed E-state index contributed by atoms with van der Waals surface area (Å²) in [5.41, 5.74) is 0.142. The van der Waals surface area contributed by atoms with Crippen molar-refractivity contribution in [3.8, 4) is 0 Å². The first-order valence-corrected chi connectivity index (χ1v) is 13.8. The molecule has 208 valence electrons. The average Bonchev–Trinajstić information content (AvgIpc) is 3.13. The molecule has 0 bridgehead atoms. The van der Waals surface area contributed by atoms with Crippen molar-refractivity contribution in [1.29, 1.82) is 0 Å². The number of Topliss-reactive ketones (excluding diaryl/α,β-unsaturated/α-hetero) is 1. The Morgan fingerprint density at radius 3 is 2.59 bits per heavy atom. The van der Waals surface area contributed by atoms with E-state index >= 15 is 0 Å². The number of carbonyl (C=O) groups excluding carboxylic acids is 4. The number of fused-ring (bicyclic) bond motifs is 3. The van der Waals surface area contributed by atoms with E-state index in [1.807, 2.05) is 13.8 Å². The fourth-order valence-electron chi connectivity index (χ4n) is 6.07. The molecule has 0 amide bonds. The SMILES string of the molecule is CCC(C)CC(C)/C=C(C)/C=C/C(=O)C1=C2C3=COC(C4C(=O)C[C@H](O)C[C@@H]4C)=CC3=CC(=O)[C@@]2(C)OC1=O. The fourth-order valence-corrected chi connectivity index (χ4v) is 6.07. The van der Waals surface area contributed by atoms with Gasteiger partial charge >= 0.3 is 5.97 Å². The molecule has 2 aliphatic heterocycles. The molecule has 0 saturated heterocycles. The topological polar surface area (TPSA) is 107 Å². The average molecular weight is 535 g/mol. The van der Waals surface area contributed by atoms with E-state index in [0.29, 0.717) is 35.2 Å². The lowest BCUT2D eigenvalue weighted by atomic mass is 9.73. The number of aliphatic hydroxyl groups is 1. The summed E-state index contributed by atoms with van der Waals surface area (Å²) in [5.74, 6) is -1.34. The maximum absolute atomic E-state index is 13.3. The lowest BCUT2D eigenvalue weighted by Gasteiger charge is -2.35. The summed E-state index contributed by atoms with van der Waals surface area (Å²) in [6, 6.07) is 0. The van der Waals surface area contributed by atoms with E-state index in [9.17, 15) is 24.3 Å². The monoisotopic (exact) mass is 534 g/mol. The molecule has 7 heteroatoms. The Bertz CT molecular complexity index is 1290. The Balaban J connectivity index is 1.64. The van der Waals surface area contributed by atoms with Crippen molar-refractivity contribution >= 4 is 23.3 Å². The minimum Gasteiger partial charge on any atom is -0.468 e. The highest BCUT2D eigenvalue weighted by Crippen LogP contribution is 2.47. The van der Waals surface area contributed by atoms with Gasteiger partial charge in [-0.2, -0.15) is 0 Å². The van der Waals surface area contributed by atoms with Gasteiger partial charge in [-0.15, -0.1) is 0 Å². The highest BCUT2D eigenvalue weighted by atomic mass is 16.6. The quantitative estimate of drug-likeness (QED) is 0.202. The zero-order valence-corrected chi connectivity index (χ0v) is 23.6. The van der Waals surface area contributed by atoms with E-state index in [1.54, 1.807) is 12.2 Å². The van der Waals surface area contributed by atoms with Crippen LogP contribution in [0, 0.1) is 23.7 Å². The van der Waals surface area contributed by atoms with Gasteiger partial charge < -0.3 is 14.6 Å². The zero-order chi connectivity index (χ0) is 28.6. The summed E-state index contributed by atoms with van der Waals surface area (Å²) in [5, 5.41) is 9.95. The Hall–Kier alpha value is -3.32. The van der Waals surface area contributed by atoms with E-state index in [0.717, 1.165) is 18.4 Å². The highest BCUT2D eigenvalue weighted by molar-refractivity contribution is 6.27. The van der Waals surface area contributed by atoms with E-state index < -0.39 is 35.2 Å². The van der Waals surface area contributed by atoms with Crippen molar-refractivity contribution in [2.75, 3.05) is 0 Å². The Morgan fingerprint density at radius 2 is 1.92 bits per heavy atom. The third-order valence-corrected chi connectivity index (χ3v) is 8.24. The van der Waals surface area contributed by atoms with Crippen molar-refractivity contribution in [1.82, 2.24) is 0 Å². The molecular weight excluding hydrogens is 496 g/mol. The minimum absolute atomic E-state index is 0.0467. The summed E-state index contributed by atoms with van der Waals surface area (Å²) in [4.78, 5) is 52.2. The largest absolute Gasteiger partial charge is 0.468 e. The van der Waals surface area contributed by atoms with Crippen LogP contribution in [0.4, 0.5) is 0 Å². The summed E-state index contributed by atoms with van der Waals surface area (Å²) in [6.45, 7) is 11.8. The molecule has 1 N–H and O–H groups in total. The maximum Gasteiger partial charge on any atom is 0.343 e. The van der Waals surface area contributed by atoms with Crippen LogP contribution in [0.1, 0.15) is 67.2 Å². The molecule has 0 aromatic heterocycles. The number of esters is 1. The third-order valence-electron chi connectivity index (χ3n) is 8.24. The first-order chi connectivity index (χ1) is 18.3. The van der Waals surface area contributed by atoms with Gasteiger partial charge in [0.25, 0.3) is 0 Å². The first kappa shape index (κ1) is 28.7. The first-order valence-electron chi connectivity index (χ1n) is 13.8. The number of allylic oxidation sites excluding steroid dienone is 7. The van der Waals surface area contributed by atoms with Gasteiger partial charge in [0.1, 0.15) is 17.1 Å². The molecule has 0 spiro atoms. The molecule has 0 aromatic carbocycles. The molecule has 39 heavy (non-hydrogen) atoms. The van der Waals surface area contributed by atoms with Gasteiger partial charge in [-0.1, -0.05) is 51.8 Å². The normalized spacial score (nSPS) is 30.6. The standard InChI is InChI=1S/C32H38O7/c1-7-17(2)10-19(4)11-18(3)8-9-24(34)29-30-23-16-38-26(28-20(5)12-22(33)15-25(28)35)13-21(23)14-27(36)32(30,6)39-31(29)37/h8-9,11,13-14,16-17,19-20,22,28,33H,7,10,12,15H2,1-6H3/b9-8+,18-11+/t17?,19?,20-,22+,28?,32+/m0/s1. The van der Waals surface area contributed by atoms with E-state index in [-0.39, 0.29) is 29.3 Å². The molecule has 4 aliphatic rings. The number of rotatable bonds is 8. The highest BCUT2D eigenvalue weighted by Gasteiger charge is 2.54. The van der Waals surface area contributed by atoms with Crippen LogP contribution >= 0.6 is 0 Å². The molecule has 2 heterocycles. The molecule has 0 radical (unpaired) electrons. The minimum atomic E-state index is -1.63. The molecule has 3 unspecified atom stereocenters. The molecule has 1 fully saturated rings. The summed E-state index contributed by atoms with van der Waals surface area (Å²) >= 11 is 0. The number of ether oxygens (including phenoxy) is 2. The number of hydrogen-bond donors (Lipinski definition) is 1. The molecule has 0 aromatic rings. The second-order valence-corrected chi connectivity index (χ2v) is 11.7. The van der Waals surface area contributed by atoms with Crippen LogP contribution in [0.25, 0.3) is 0 Å². The second kappa shape index (κ2) is 11.0. The molecule has 7 nitrogen and oxygen atoms in total. The smallest absolute Gasteiger partial charge is 0.343 e. The Kier molecular flexibility index (Phi) is 8.12. The number of aliphatic hydroxyl groups excluding tert-OH is 1. The molecule has 2 aliphatic carbocycles. The molecule has 6 atom stereocenters. The van der Waals surface area contributed by atoms with Crippen molar-refractivity contribution in [2.45, 2.75) is 78.9 Å². The lowest BCUT2D eigenvalue weighted by molar-refractivity contribution is -0.152. The number of carbonyl (C=O) groups is 4. The molecule has 4 rings (SSSR count). The molecular formula is C32H38O7. The van der Waals surface area contributed by atoms with E-state index in [1.165, 1.54) is 25.3 Å². The van der Waals surface area contributed by atoms with Crippen LogP contribution in [0.3, 0.4) is 0 Å². The lowest BCUT2D eigenvalue weighted by Crippen LogP contribution is -2.41. The van der Waals surface area contributed by atoms with Gasteiger partial charge in [0, 0.05) is 17.6 Å². The summed E-state index contributed by atoms with van der Waals surface area (Å²) in [6.07, 6.45) is 11.5. The number of ketones is 3. The molecule has 1 saturated carbocycles. The second-order valence-electron chi connectivity index (χ2n) is 11.7. The third kappa shape index (κ3) is 5.55. The van der Waals surface area contributed by atoms with Crippen molar-refractivity contribution < 1.29 is 33.8 Å². The van der Waals surface area contributed by atoms with Gasteiger partial charge in [0.2, 0.25) is 5.78 Å².